The largest absolute Gasteiger partial charge is 0.389 e. The van der Waals surface area contributed by atoms with Gasteiger partial charge in [-0.25, -0.2) is 0 Å². The summed E-state index contributed by atoms with van der Waals surface area (Å²) in [4.78, 5) is 0. The van der Waals surface area contributed by atoms with Crippen LogP contribution in [0.15, 0.2) is 0 Å². The Morgan fingerprint density at radius 2 is 1.57 bits per heavy atom. The highest BCUT2D eigenvalue weighted by atomic mass is 35.5. The summed E-state index contributed by atoms with van der Waals surface area (Å²) < 4.78 is 36.3. The first-order valence-corrected chi connectivity index (χ1v) is 4.80. The Hall–Kier alpha value is 0.0400. The molecule has 0 aromatic carbocycles. The minimum atomic E-state index is -4.02. The van der Waals surface area contributed by atoms with E-state index < -0.39 is 12.6 Å². The molecule has 2 atom stereocenters. The smallest absolute Gasteiger partial charge is 0.330 e. The lowest BCUT2D eigenvalue weighted by molar-refractivity contribution is -0.150. The van der Waals surface area contributed by atoms with Gasteiger partial charge in [0.2, 0.25) is 0 Å². The molecule has 1 aliphatic carbocycles. The van der Waals surface area contributed by atoms with Crippen molar-refractivity contribution in [1.29, 1.82) is 0 Å². The van der Waals surface area contributed by atoms with E-state index in [0.717, 1.165) is 19.3 Å². The summed E-state index contributed by atoms with van der Waals surface area (Å²) in [5.74, 6) is -0.130. The molecule has 0 saturated heterocycles. The number of hydrogen-bond acceptors (Lipinski definition) is 1. The highest BCUT2D eigenvalue weighted by Gasteiger charge is 2.36. The van der Waals surface area contributed by atoms with E-state index in [-0.39, 0.29) is 24.2 Å². The van der Waals surface area contributed by atoms with Crippen LogP contribution < -0.4 is 5.73 Å². The summed E-state index contributed by atoms with van der Waals surface area (Å²) in [5, 5.41) is 0. The van der Waals surface area contributed by atoms with Gasteiger partial charge in [0.1, 0.15) is 0 Å². The van der Waals surface area contributed by atoms with Crippen molar-refractivity contribution < 1.29 is 13.2 Å². The van der Waals surface area contributed by atoms with Crippen LogP contribution in [0, 0.1) is 11.8 Å². The van der Waals surface area contributed by atoms with Gasteiger partial charge in [0, 0.05) is 6.42 Å². The van der Waals surface area contributed by atoms with Gasteiger partial charge >= 0.3 is 6.18 Å². The van der Waals surface area contributed by atoms with E-state index in [1.165, 1.54) is 0 Å². The standard InChI is InChI=1S/C9H16F3N.ClH/c10-9(11,12)5-7-3-1-2-4-8(7)6-13;/h7-8H,1-6,13H2;1H. The molecule has 2 N–H and O–H groups in total. The van der Waals surface area contributed by atoms with Gasteiger partial charge in [-0.05, 0) is 31.2 Å². The molecule has 0 bridgehead atoms. The van der Waals surface area contributed by atoms with E-state index in [0.29, 0.717) is 13.0 Å². The van der Waals surface area contributed by atoms with Crippen molar-refractivity contribution in [2.24, 2.45) is 17.6 Å². The molecule has 0 aromatic heterocycles. The maximum absolute atomic E-state index is 12.1. The van der Waals surface area contributed by atoms with Gasteiger partial charge in [0.25, 0.3) is 0 Å². The monoisotopic (exact) mass is 231 g/mol. The van der Waals surface area contributed by atoms with Crippen LogP contribution in [-0.4, -0.2) is 12.7 Å². The summed E-state index contributed by atoms with van der Waals surface area (Å²) in [5.41, 5.74) is 5.45. The Balaban J connectivity index is 0.00000169. The van der Waals surface area contributed by atoms with Crippen LogP contribution in [0.4, 0.5) is 13.2 Å². The Kier molecular flexibility index (Phi) is 5.83. The second-order valence-corrected chi connectivity index (χ2v) is 3.86. The Morgan fingerprint density at radius 3 is 2.00 bits per heavy atom. The molecule has 1 rings (SSSR count). The second kappa shape index (κ2) is 5.81. The third-order valence-electron chi connectivity index (χ3n) is 2.86. The average molecular weight is 232 g/mol. The Bertz CT molecular complexity index is 161. The zero-order valence-electron chi connectivity index (χ0n) is 8.02. The first-order valence-electron chi connectivity index (χ1n) is 4.80. The van der Waals surface area contributed by atoms with Gasteiger partial charge in [0.15, 0.2) is 0 Å². The van der Waals surface area contributed by atoms with E-state index >= 15 is 0 Å². The molecule has 1 fully saturated rings. The van der Waals surface area contributed by atoms with Gasteiger partial charge in [-0.3, -0.25) is 0 Å². The van der Waals surface area contributed by atoms with Crippen molar-refractivity contribution in [2.75, 3.05) is 6.54 Å². The fraction of sp³-hybridized carbons (Fsp3) is 1.00. The first kappa shape index (κ1) is 14.0. The van der Waals surface area contributed by atoms with Gasteiger partial charge < -0.3 is 5.73 Å². The second-order valence-electron chi connectivity index (χ2n) is 3.86. The molecule has 1 nitrogen and oxygen atoms in total. The number of rotatable bonds is 2. The molecule has 1 aliphatic rings. The fourth-order valence-corrected chi connectivity index (χ4v) is 2.16. The molecular formula is C9H17ClF3N. The molecule has 14 heavy (non-hydrogen) atoms. The molecule has 5 heteroatoms. The van der Waals surface area contributed by atoms with Gasteiger partial charge in [-0.15, -0.1) is 12.4 Å². The quantitative estimate of drug-likeness (QED) is 0.777. The van der Waals surface area contributed by atoms with Crippen LogP contribution in [0.25, 0.3) is 0 Å². The lowest BCUT2D eigenvalue weighted by Gasteiger charge is -2.31. The Labute approximate surface area is 88.6 Å². The van der Waals surface area contributed by atoms with E-state index in [9.17, 15) is 13.2 Å². The zero-order valence-corrected chi connectivity index (χ0v) is 8.83. The molecule has 0 heterocycles. The summed E-state index contributed by atoms with van der Waals surface area (Å²) in [6.07, 6.45) is -1.13. The maximum atomic E-state index is 12.1. The number of alkyl halides is 3. The third-order valence-corrected chi connectivity index (χ3v) is 2.86. The number of nitrogens with two attached hydrogens (primary N) is 1. The van der Waals surface area contributed by atoms with Gasteiger partial charge in [-0.2, -0.15) is 13.2 Å². The number of halogens is 4. The first-order chi connectivity index (χ1) is 6.03. The van der Waals surface area contributed by atoms with Gasteiger partial charge in [-0.1, -0.05) is 12.8 Å². The van der Waals surface area contributed by atoms with Crippen molar-refractivity contribution >= 4 is 12.4 Å². The Morgan fingerprint density at radius 1 is 1.07 bits per heavy atom. The number of hydrogen-bond donors (Lipinski definition) is 1. The lowest BCUT2D eigenvalue weighted by atomic mass is 9.77. The summed E-state index contributed by atoms with van der Waals surface area (Å²) in [6.45, 7) is 0.404. The van der Waals surface area contributed by atoms with Crippen LogP contribution in [0.5, 0.6) is 0 Å². The highest BCUT2D eigenvalue weighted by molar-refractivity contribution is 5.85. The zero-order chi connectivity index (χ0) is 9.90. The van der Waals surface area contributed by atoms with Crippen molar-refractivity contribution in [3.8, 4) is 0 Å². The van der Waals surface area contributed by atoms with Crippen LogP contribution >= 0.6 is 12.4 Å². The van der Waals surface area contributed by atoms with Crippen LogP contribution in [0.3, 0.4) is 0 Å². The molecule has 86 valence electrons. The lowest BCUT2D eigenvalue weighted by Crippen LogP contribution is -2.30. The summed E-state index contributed by atoms with van der Waals surface area (Å²) >= 11 is 0. The average Bonchev–Trinajstić information content (AvgIpc) is 2.02. The minimum Gasteiger partial charge on any atom is -0.330 e. The van der Waals surface area contributed by atoms with E-state index in [2.05, 4.69) is 0 Å². The normalized spacial score (nSPS) is 28.3. The SMILES string of the molecule is Cl.NCC1CCCCC1CC(F)(F)F. The molecule has 0 spiro atoms. The van der Waals surface area contributed by atoms with Crippen molar-refractivity contribution in [3.63, 3.8) is 0 Å². The van der Waals surface area contributed by atoms with Crippen LogP contribution in [0.1, 0.15) is 32.1 Å². The molecule has 0 aliphatic heterocycles. The maximum Gasteiger partial charge on any atom is 0.389 e. The van der Waals surface area contributed by atoms with E-state index in [1.807, 2.05) is 0 Å². The summed E-state index contributed by atoms with van der Waals surface area (Å²) in [6, 6.07) is 0. The minimum absolute atomic E-state index is 0. The van der Waals surface area contributed by atoms with Gasteiger partial charge in [0.05, 0.1) is 0 Å². The molecule has 0 amide bonds. The molecule has 1 saturated carbocycles. The van der Waals surface area contributed by atoms with Crippen LogP contribution in [-0.2, 0) is 0 Å². The molecule has 0 aromatic rings. The van der Waals surface area contributed by atoms with Crippen LogP contribution in [0.2, 0.25) is 0 Å². The molecule has 0 radical (unpaired) electrons. The van der Waals surface area contributed by atoms with Crippen molar-refractivity contribution in [3.05, 3.63) is 0 Å². The molecule has 2 unspecified atom stereocenters. The van der Waals surface area contributed by atoms with E-state index in [4.69, 9.17) is 5.73 Å². The predicted octanol–water partition coefficient (Wildman–Crippen LogP) is 3.13. The van der Waals surface area contributed by atoms with Crippen molar-refractivity contribution in [1.82, 2.24) is 0 Å². The topological polar surface area (TPSA) is 26.0 Å². The predicted molar refractivity (Wildman–Crippen MR) is 52.4 cm³/mol. The fourth-order valence-electron chi connectivity index (χ4n) is 2.16. The summed E-state index contributed by atoms with van der Waals surface area (Å²) in [7, 11) is 0. The third kappa shape index (κ3) is 4.51. The van der Waals surface area contributed by atoms with E-state index in [1.54, 1.807) is 0 Å². The highest BCUT2D eigenvalue weighted by Crippen LogP contribution is 2.37. The van der Waals surface area contributed by atoms with Crippen molar-refractivity contribution in [2.45, 2.75) is 38.3 Å². The molecular weight excluding hydrogens is 215 g/mol.